The van der Waals surface area contributed by atoms with Crippen LogP contribution in [0.5, 0.6) is 0 Å². The Balaban J connectivity index is 2.43. The van der Waals surface area contributed by atoms with Crippen molar-refractivity contribution in [3.05, 3.63) is 16.1 Å². The molecule has 1 aromatic heterocycles. The van der Waals surface area contributed by atoms with Crippen molar-refractivity contribution < 1.29 is 27.8 Å². The predicted molar refractivity (Wildman–Crippen MR) is 56.2 cm³/mol. The van der Waals surface area contributed by atoms with Crippen LogP contribution in [0.3, 0.4) is 0 Å². The minimum atomic E-state index is -4.80. The average molecular weight is 329 g/mol. The molecular weight excluding hydrogens is 321 g/mol. The van der Waals surface area contributed by atoms with Gasteiger partial charge in [-0.3, -0.25) is 0 Å². The lowest BCUT2D eigenvalue weighted by atomic mass is 10.2. The number of alkyl halides is 3. The van der Waals surface area contributed by atoms with Crippen molar-refractivity contribution in [2.75, 3.05) is 6.61 Å². The lowest BCUT2D eigenvalue weighted by Crippen LogP contribution is -2.32. The maximum absolute atomic E-state index is 12.6. The molecule has 1 saturated heterocycles. The molecule has 1 fully saturated rings. The van der Waals surface area contributed by atoms with Gasteiger partial charge in [0.15, 0.2) is 16.1 Å². The third-order valence-corrected chi connectivity index (χ3v) is 3.18. The third-order valence-electron chi connectivity index (χ3n) is 2.57. The number of hydrogen-bond donors (Lipinski definition) is 1. The van der Waals surface area contributed by atoms with Gasteiger partial charge in [0.05, 0.1) is 12.6 Å². The van der Waals surface area contributed by atoms with E-state index in [1.54, 1.807) is 0 Å². The first-order valence-corrected chi connectivity index (χ1v) is 5.78. The highest BCUT2D eigenvalue weighted by Gasteiger charge is 2.41. The molecule has 0 amide bonds. The lowest BCUT2D eigenvalue weighted by Gasteiger charge is -2.27. The highest BCUT2D eigenvalue weighted by atomic mass is 79.9. The molecule has 2 rings (SSSR count). The number of nitrogens with zero attached hydrogens (tertiary/aromatic N) is 2. The standard InChI is InChI=1S/C9H8BrF3N2O3/c10-8-14-6(9(11,12)13)5(7(16)17)15(8)3-4-1-2-18-4/h4H,1-3H2,(H,16,17)/t4-/m0/s1. The summed E-state index contributed by atoms with van der Waals surface area (Å²) in [4.78, 5) is 14.2. The second-order valence-electron chi connectivity index (χ2n) is 3.77. The molecule has 1 aliphatic heterocycles. The third kappa shape index (κ3) is 2.37. The smallest absolute Gasteiger partial charge is 0.435 e. The Kier molecular flexibility index (Phi) is 3.37. The van der Waals surface area contributed by atoms with Crippen molar-refractivity contribution in [2.24, 2.45) is 0 Å². The van der Waals surface area contributed by atoms with Gasteiger partial charge in [-0.2, -0.15) is 13.2 Å². The van der Waals surface area contributed by atoms with Crippen LogP contribution in [0.4, 0.5) is 13.2 Å². The summed E-state index contributed by atoms with van der Waals surface area (Å²) in [6, 6.07) is 0. The van der Waals surface area contributed by atoms with E-state index in [4.69, 9.17) is 9.84 Å². The monoisotopic (exact) mass is 328 g/mol. The van der Waals surface area contributed by atoms with E-state index >= 15 is 0 Å². The molecule has 0 aromatic carbocycles. The van der Waals surface area contributed by atoms with Crippen molar-refractivity contribution in [1.29, 1.82) is 0 Å². The Bertz CT molecular complexity index is 482. The number of hydrogen-bond acceptors (Lipinski definition) is 3. The molecule has 9 heteroatoms. The van der Waals surface area contributed by atoms with Crippen LogP contribution in [-0.2, 0) is 17.5 Å². The van der Waals surface area contributed by atoms with E-state index < -0.39 is 23.5 Å². The summed E-state index contributed by atoms with van der Waals surface area (Å²) in [5.74, 6) is -1.67. The Labute approximate surface area is 108 Å². The first kappa shape index (κ1) is 13.3. The number of rotatable bonds is 3. The molecular formula is C9H8BrF3N2O3. The molecule has 0 radical (unpaired) electrons. The molecule has 0 spiro atoms. The van der Waals surface area contributed by atoms with Crippen LogP contribution in [0.2, 0.25) is 0 Å². The first-order valence-electron chi connectivity index (χ1n) is 4.99. The van der Waals surface area contributed by atoms with Crippen molar-refractivity contribution in [3.63, 3.8) is 0 Å². The fraction of sp³-hybridized carbons (Fsp3) is 0.556. The molecule has 0 aliphatic carbocycles. The van der Waals surface area contributed by atoms with Gasteiger partial charge in [0.25, 0.3) is 0 Å². The maximum atomic E-state index is 12.6. The van der Waals surface area contributed by atoms with Crippen LogP contribution in [0, 0.1) is 0 Å². The molecule has 1 aromatic rings. The summed E-state index contributed by atoms with van der Waals surface area (Å²) >= 11 is 2.84. The molecule has 0 bridgehead atoms. The zero-order valence-electron chi connectivity index (χ0n) is 8.87. The lowest BCUT2D eigenvalue weighted by molar-refractivity contribution is -0.141. The second kappa shape index (κ2) is 4.54. The van der Waals surface area contributed by atoms with Gasteiger partial charge in [-0.15, -0.1) is 0 Å². The molecule has 0 unspecified atom stereocenters. The van der Waals surface area contributed by atoms with E-state index in [0.717, 1.165) is 4.57 Å². The summed E-state index contributed by atoms with van der Waals surface area (Å²) < 4.78 is 43.8. The average Bonchev–Trinajstić information content (AvgIpc) is 2.49. The summed E-state index contributed by atoms with van der Waals surface area (Å²) in [7, 11) is 0. The van der Waals surface area contributed by atoms with E-state index in [0.29, 0.717) is 13.0 Å². The Morgan fingerprint density at radius 3 is 2.61 bits per heavy atom. The second-order valence-corrected chi connectivity index (χ2v) is 4.48. The number of aromatic carboxylic acids is 1. The van der Waals surface area contributed by atoms with Gasteiger partial charge in [0.2, 0.25) is 0 Å². The van der Waals surface area contributed by atoms with Crippen LogP contribution >= 0.6 is 15.9 Å². The van der Waals surface area contributed by atoms with Gasteiger partial charge in [0.1, 0.15) is 0 Å². The number of carboxylic acids is 1. The normalized spacial score (nSPS) is 19.7. The number of ether oxygens (including phenoxy) is 1. The maximum Gasteiger partial charge on any atom is 0.435 e. The van der Waals surface area contributed by atoms with E-state index in [1.165, 1.54) is 0 Å². The van der Waals surface area contributed by atoms with Gasteiger partial charge in [-0.1, -0.05) is 0 Å². The van der Waals surface area contributed by atoms with Gasteiger partial charge >= 0.3 is 12.1 Å². The summed E-state index contributed by atoms with van der Waals surface area (Å²) in [5.41, 5.74) is -2.27. The number of imidazole rings is 1. The first-order chi connectivity index (χ1) is 8.30. The fourth-order valence-corrected chi connectivity index (χ4v) is 2.14. The van der Waals surface area contributed by atoms with Gasteiger partial charge in [-0.05, 0) is 22.4 Å². The number of carbonyl (C=O) groups is 1. The van der Waals surface area contributed by atoms with Crippen molar-refractivity contribution in [2.45, 2.75) is 25.2 Å². The number of aromatic nitrogens is 2. The molecule has 0 saturated carbocycles. The van der Waals surface area contributed by atoms with E-state index in [-0.39, 0.29) is 17.4 Å². The van der Waals surface area contributed by atoms with Crippen molar-refractivity contribution in [1.82, 2.24) is 9.55 Å². The van der Waals surface area contributed by atoms with Crippen LogP contribution < -0.4 is 0 Å². The molecule has 100 valence electrons. The Morgan fingerprint density at radius 2 is 2.22 bits per heavy atom. The summed E-state index contributed by atoms with van der Waals surface area (Å²) in [6.45, 7) is 0.566. The van der Waals surface area contributed by atoms with E-state index in [1.807, 2.05) is 0 Å². The quantitative estimate of drug-likeness (QED) is 0.923. The van der Waals surface area contributed by atoms with E-state index in [2.05, 4.69) is 20.9 Å². The Hall–Kier alpha value is -1.09. The number of carboxylic acid groups (broad SMARTS) is 1. The van der Waals surface area contributed by atoms with E-state index in [9.17, 15) is 18.0 Å². The highest BCUT2D eigenvalue weighted by Crippen LogP contribution is 2.33. The Morgan fingerprint density at radius 1 is 1.61 bits per heavy atom. The van der Waals surface area contributed by atoms with Gasteiger partial charge in [0, 0.05) is 6.61 Å². The van der Waals surface area contributed by atoms with Crippen molar-refractivity contribution in [3.8, 4) is 0 Å². The molecule has 1 aliphatic rings. The van der Waals surface area contributed by atoms with Crippen LogP contribution in [0.25, 0.3) is 0 Å². The SMILES string of the molecule is O=C(O)c1c(C(F)(F)F)nc(Br)n1C[C@@H]1CCO1. The number of halogens is 4. The highest BCUT2D eigenvalue weighted by molar-refractivity contribution is 9.10. The molecule has 5 nitrogen and oxygen atoms in total. The summed E-state index contributed by atoms with van der Waals surface area (Å²) in [6.07, 6.45) is -4.39. The minimum Gasteiger partial charge on any atom is -0.477 e. The van der Waals surface area contributed by atoms with Gasteiger partial charge < -0.3 is 14.4 Å². The fourth-order valence-electron chi connectivity index (χ4n) is 1.64. The molecule has 18 heavy (non-hydrogen) atoms. The molecule has 1 N–H and O–H groups in total. The molecule has 2 heterocycles. The predicted octanol–water partition coefficient (Wildman–Crippen LogP) is 2.15. The largest absolute Gasteiger partial charge is 0.477 e. The van der Waals surface area contributed by atoms with Crippen LogP contribution in [0.15, 0.2) is 4.73 Å². The summed E-state index contributed by atoms with van der Waals surface area (Å²) in [5, 5.41) is 8.90. The minimum absolute atomic E-state index is 0.0330. The van der Waals surface area contributed by atoms with Crippen LogP contribution in [-0.4, -0.2) is 33.3 Å². The van der Waals surface area contributed by atoms with Gasteiger partial charge in [-0.25, -0.2) is 9.78 Å². The topological polar surface area (TPSA) is 64.3 Å². The zero-order valence-corrected chi connectivity index (χ0v) is 10.5. The molecule has 1 atom stereocenters. The zero-order chi connectivity index (χ0) is 13.5. The van der Waals surface area contributed by atoms with Crippen molar-refractivity contribution >= 4 is 21.9 Å². The van der Waals surface area contributed by atoms with Crippen LogP contribution in [0.1, 0.15) is 22.6 Å².